The topological polar surface area (TPSA) is 41.6 Å². The van der Waals surface area contributed by atoms with Crippen molar-refractivity contribution in [3.05, 3.63) is 29.3 Å². The van der Waals surface area contributed by atoms with E-state index in [9.17, 15) is 4.79 Å². The van der Waals surface area contributed by atoms with Gasteiger partial charge in [-0.05, 0) is 68.8 Å². The first-order valence-electron chi connectivity index (χ1n) is 10.1. The summed E-state index contributed by atoms with van der Waals surface area (Å²) in [5.41, 5.74) is 0. The molecule has 1 aromatic rings. The SMILES string of the molecule is O=C1NC2CCCCC2C1CCN1CCC(Oc2ccc(Cl)cc2)CC1. The van der Waals surface area contributed by atoms with Crippen molar-refractivity contribution in [1.29, 1.82) is 0 Å². The number of hydrogen-bond acceptors (Lipinski definition) is 3. The lowest BCUT2D eigenvalue weighted by Crippen LogP contribution is -2.39. The van der Waals surface area contributed by atoms with Gasteiger partial charge in [-0.25, -0.2) is 0 Å². The van der Waals surface area contributed by atoms with Gasteiger partial charge in [0.2, 0.25) is 5.91 Å². The number of halogens is 1. The van der Waals surface area contributed by atoms with Crippen LogP contribution in [0, 0.1) is 11.8 Å². The maximum Gasteiger partial charge on any atom is 0.223 e. The number of fused-ring (bicyclic) bond motifs is 1. The summed E-state index contributed by atoms with van der Waals surface area (Å²) < 4.78 is 6.07. The van der Waals surface area contributed by atoms with E-state index >= 15 is 0 Å². The van der Waals surface area contributed by atoms with Gasteiger partial charge in [-0.2, -0.15) is 0 Å². The molecule has 0 spiro atoms. The van der Waals surface area contributed by atoms with Crippen LogP contribution in [0.25, 0.3) is 0 Å². The predicted molar refractivity (Wildman–Crippen MR) is 104 cm³/mol. The normalized spacial score (nSPS) is 30.0. The summed E-state index contributed by atoms with van der Waals surface area (Å²) in [5.74, 6) is 2.03. The average molecular weight is 377 g/mol. The summed E-state index contributed by atoms with van der Waals surface area (Å²) in [4.78, 5) is 14.8. The first-order chi connectivity index (χ1) is 12.7. The Labute approximate surface area is 161 Å². The summed E-state index contributed by atoms with van der Waals surface area (Å²) >= 11 is 5.92. The van der Waals surface area contributed by atoms with Crippen LogP contribution in [0.3, 0.4) is 0 Å². The van der Waals surface area contributed by atoms with Crippen LogP contribution in [-0.4, -0.2) is 42.6 Å². The van der Waals surface area contributed by atoms with Gasteiger partial charge in [0.25, 0.3) is 0 Å². The number of rotatable bonds is 5. The summed E-state index contributed by atoms with van der Waals surface area (Å²) in [6, 6.07) is 8.08. The Morgan fingerprint density at radius 2 is 1.81 bits per heavy atom. The van der Waals surface area contributed by atoms with Crippen LogP contribution < -0.4 is 10.1 Å². The van der Waals surface area contributed by atoms with Gasteiger partial charge in [0.1, 0.15) is 11.9 Å². The third kappa shape index (κ3) is 4.17. The minimum Gasteiger partial charge on any atom is -0.490 e. The molecule has 1 aliphatic carbocycles. The lowest BCUT2D eigenvalue weighted by Gasteiger charge is -2.33. The van der Waals surface area contributed by atoms with Crippen molar-refractivity contribution in [3.63, 3.8) is 0 Å². The average Bonchev–Trinajstić information content (AvgIpc) is 2.98. The Kier molecular flexibility index (Phi) is 5.70. The van der Waals surface area contributed by atoms with Gasteiger partial charge in [0, 0.05) is 30.1 Å². The van der Waals surface area contributed by atoms with Crippen molar-refractivity contribution in [3.8, 4) is 5.75 Å². The third-order valence-corrected chi connectivity index (χ3v) is 6.66. The zero-order valence-corrected chi connectivity index (χ0v) is 16.1. The minimum absolute atomic E-state index is 0.239. The molecule has 3 aliphatic rings. The molecule has 5 heteroatoms. The maximum absolute atomic E-state index is 12.3. The quantitative estimate of drug-likeness (QED) is 0.847. The number of hydrogen-bond donors (Lipinski definition) is 1. The third-order valence-electron chi connectivity index (χ3n) is 6.41. The van der Waals surface area contributed by atoms with Gasteiger partial charge in [0.15, 0.2) is 0 Å². The smallest absolute Gasteiger partial charge is 0.223 e. The fraction of sp³-hybridized carbons (Fsp3) is 0.667. The zero-order chi connectivity index (χ0) is 17.9. The van der Waals surface area contributed by atoms with Crippen LogP contribution in [0.1, 0.15) is 44.9 Å². The molecule has 2 aliphatic heterocycles. The van der Waals surface area contributed by atoms with Crippen molar-refractivity contribution < 1.29 is 9.53 Å². The molecule has 26 heavy (non-hydrogen) atoms. The highest BCUT2D eigenvalue weighted by Crippen LogP contribution is 2.37. The van der Waals surface area contributed by atoms with Crippen LogP contribution in [0.15, 0.2) is 24.3 Å². The second-order valence-corrected chi connectivity index (χ2v) is 8.51. The molecule has 1 amide bonds. The fourth-order valence-electron chi connectivity index (χ4n) is 4.93. The lowest BCUT2D eigenvalue weighted by molar-refractivity contribution is -0.123. The molecular formula is C21H29ClN2O2. The molecule has 2 saturated heterocycles. The van der Waals surface area contributed by atoms with Crippen LogP contribution in [0.5, 0.6) is 5.75 Å². The van der Waals surface area contributed by atoms with E-state index in [2.05, 4.69) is 10.2 Å². The number of nitrogens with one attached hydrogen (secondary N) is 1. The van der Waals surface area contributed by atoms with E-state index < -0.39 is 0 Å². The predicted octanol–water partition coefficient (Wildman–Crippen LogP) is 3.88. The number of benzene rings is 1. The minimum atomic E-state index is 0.239. The highest BCUT2D eigenvalue weighted by molar-refractivity contribution is 6.30. The molecule has 1 aromatic carbocycles. The maximum atomic E-state index is 12.3. The first kappa shape index (κ1) is 18.1. The number of likely N-dealkylation sites (tertiary alicyclic amines) is 1. The highest BCUT2D eigenvalue weighted by Gasteiger charge is 2.42. The molecule has 3 fully saturated rings. The number of nitrogens with zero attached hydrogens (tertiary/aromatic N) is 1. The van der Waals surface area contributed by atoms with Gasteiger partial charge in [0.05, 0.1) is 0 Å². The molecule has 3 unspecified atom stereocenters. The first-order valence-corrected chi connectivity index (χ1v) is 10.5. The molecule has 1 saturated carbocycles. The molecule has 1 N–H and O–H groups in total. The van der Waals surface area contributed by atoms with Crippen molar-refractivity contribution in [2.75, 3.05) is 19.6 Å². The van der Waals surface area contributed by atoms with E-state index in [4.69, 9.17) is 16.3 Å². The van der Waals surface area contributed by atoms with E-state index in [1.807, 2.05) is 24.3 Å². The molecule has 0 aromatic heterocycles. The lowest BCUT2D eigenvalue weighted by atomic mass is 9.78. The molecule has 4 nitrogen and oxygen atoms in total. The fourth-order valence-corrected chi connectivity index (χ4v) is 5.05. The molecular weight excluding hydrogens is 348 g/mol. The molecule has 142 valence electrons. The molecule has 0 radical (unpaired) electrons. The highest BCUT2D eigenvalue weighted by atomic mass is 35.5. The molecule has 4 rings (SSSR count). The van der Waals surface area contributed by atoms with Gasteiger partial charge in [-0.15, -0.1) is 0 Å². The number of piperidine rings is 1. The number of amides is 1. The second kappa shape index (κ2) is 8.18. The van der Waals surface area contributed by atoms with Crippen molar-refractivity contribution >= 4 is 17.5 Å². The molecule has 0 bridgehead atoms. The Hall–Kier alpha value is -1.26. The summed E-state index contributed by atoms with van der Waals surface area (Å²) in [5, 5.41) is 3.98. The van der Waals surface area contributed by atoms with Gasteiger partial charge in [-0.3, -0.25) is 4.79 Å². The van der Waals surface area contributed by atoms with Gasteiger partial charge in [-0.1, -0.05) is 24.4 Å². The van der Waals surface area contributed by atoms with Crippen LogP contribution in [0.2, 0.25) is 5.02 Å². The van der Waals surface area contributed by atoms with Crippen LogP contribution in [-0.2, 0) is 4.79 Å². The molecule has 3 atom stereocenters. The second-order valence-electron chi connectivity index (χ2n) is 8.07. The van der Waals surface area contributed by atoms with Crippen LogP contribution in [0.4, 0.5) is 0 Å². The van der Waals surface area contributed by atoms with E-state index in [1.165, 1.54) is 25.7 Å². The number of carbonyl (C=O) groups excluding carboxylic acids is 1. The van der Waals surface area contributed by atoms with E-state index in [-0.39, 0.29) is 12.0 Å². The van der Waals surface area contributed by atoms with Crippen LogP contribution >= 0.6 is 11.6 Å². The van der Waals surface area contributed by atoms with Crippen molar-refractivity contribution in [2.45, 2.75) is 57.1 Å². The summed E-state index contributed by atoms with van der Waals surface area (Å²) in [6.45, 7) is 3.15. The van der Waals surface area contributed by atoms with Crippen molar-refractivity contribution in [1.82, 2.24) is 10.2 Å². The standard InChI is InChI=1S/C21H29ClN2O2/c22-15-5-7-16(8-6-15)26-17-9-12-24(13-10-17)14-11-19-18-3-1-2-4-20(18)23-21(19)25/h5-8,17-20H,1-4,9-14H2,(H,23,25). The van der Waals surface area contributed by atoms with Crippen molar-refractivity contribution in [2.24, 2.45) is 11.8 Å². The van der Waals surface area contributed by atoms with Gasteiger partial charge >= 0.3 is 0 Å². The Bertz CT molecular complexity index is 613. The van der Waals surface area contributed by atoms with E-state index in [1.54, 1.807) is 0 Å². The Morgan fingerprint density at radius 3 is 2.58 bits per heavy atom. The van der Waals surface area contributed by atoms with E-state index in [0.717, 1.165) is 49.7 Å². The van der Waals surface area contributed by atoms with Gasteiger partial charge < -0.3 is 15.0 Å². The summed E-state index contributed by atoms with van der Waals surface area (Å²) in [6.07, 6.45) is 8.36. The van der Waals surface area contributed by atoms with E-state index in [0.29, 0.717) is 17.9 Å². The number of ether oxygens (including phenoxy) is 1. The summed E-state index contributed by atoms with van der Waals surface area (Å²) in [7, 11) is 0. The largest absolute Gasteiger partial charge is 0.490 e. The Balaban J connectivity index is 1.21. The number of carbonyl (C=O) groups is 1. The molecule has 2 heterocycles. The monoisotopic (exact) mass is 376 g/mol. The Morgan fingerprint density at radius 1 is 1.08 bits per heavy atom. The zero-order valence-electron chi connectivity index (χ0n) is 15.3.